The first-order valence-electron chi connectivity index (χ1n) is 10.4. The van der Waals surface area contributed by atoms with E-state index in [1.807, 2.05) is 44.2 Å². The fourth-order valence-electron chi connectivity index (χ4n) is 2.98. The van der Waals surface area contributed by atoms with Crippen molar-refractivity contribution in [2.45, 2.75) is 50.7 Å². The fraction of sp³-hybridized carbons (Fsp3) is 0.391. The van der Waals surface area contributed by atoms with Crippen LogP contribution in [0.1, 0.15) is 32.8 Å². The standard InChI is InChI=1S/C23H30ClN3O4S/c1-5-17(2)25-23(29)18(3)27(15-19-9-7-6-8-10-19)22(28)16-26(4)32(30,31)21-13-11-20(24)12-14-21/h6-14,17-18H,5,15-16H2,1-4H3,(H,25,29)/t17-,18+/m1/s1. The highest BCUT2D eigenvalue weighted by Gasteiger charge is 2.30. The van der Waals surface area contributed by atoms with Gasteiger partial charge in [-0.25, -0.2) is 8.42 Å². The van der Waals surface area contributed by atoms with Crippen LogP contribution in [0.2, 0.25) is 5.02 Å². The Balaban J connectivity index is 2.24. The van der Waals surface area contributed by atoms with Gasteiger partial charge in [0.1, 0.15) is 6.04 Å². The summed E-state index contributed by atoms with van der Waals surface area (Å²) in [5.74, 6) is -0.757. The molecular weight excluding hydrogens is 450 g/mol. The van der Waals surface area contributed by atoms with Gasteiger partial charge in [-0.05, 0) is 50.1 Å². The van der Waals surface area contributed by atoms with E-state index in [9.17, 15) is 18.0 Å². The second kappa shape index (κ2) is 11.4. The molecule has 32 heavy (non-hydrogen) atoms. The number of benzene rings is 2. The molecule has 0 saturated carbocycles. The maximum absolute atomic E-state index is 13.2. The van der Waals surface area contributed by atoms with Crippen molar-refractivity contribution >= 4 is 33.4 Å². The first kappa shape index (κ1) is 25.8. The Morgan fingerprint density at radius 3 is 2.19 bits per heavy atom. The highest BCUT2D eigenvalue weighted by molar-refractivity contribution is 7.89. The number of nitrogens with one attached hydrogen (secondary N) is 1. The Hall–Kier alpha value is -2.42. The molecule has 9 heteroatoms. The molecule has 0 unspecified atom stereocenters. The molecule has 0 bridgehead atoms. The molecule has 7 nitrogen and oxygen atoms in total. The van der Waals surface area contributed by atoms with Crippen molar-refractivity contribution < 1.29 is 18.0 Å². The Bertz CT molecular complexity index is 1010. The monoisotopic (exact) mass is 479 g/mol. The maximum atomic E-state index is 13.2. The Labute approximate surface area is 195 Å². The van der Waals surface area contributed by atoms with Crippen LogP contribution in [-0.2, 0) is 26.2 Å². The number of hydrogen-bond donors (Lipinski definition) is 1. The second-order valence-corrected chi connectivity index (χ2v) is 10.2. The zero-order chi connectivity index (χ0) is 23.9. The zero-order valence-corrected chi connectivity index (χ0v) is 20.4. The number of carbonyl (C=O) groups is 2. The summed E-state index contributed by atoms with van der Waals surface area (Å²) in [6.45, 7) is 5.27. The van der Waals surface area contributed by atoms with Gasteiger partial charge in [0, 0.05) is 24.7 Å². The number of hydrogen-bond acceptors (Lipinski definition) is 4. The van der Waals surface area contributed by atoms with Gasteiger partial charge < -0.3 is 10.2 Å². The van der Waals surface area contributed by atoms with Crippen molar-refractivity contribution in [3.05, 3.63) is 65.2 Å². The molecule has 2 atom stereocenters. The molecule has 0 saturated heterocycles. The molecule has 0 spiro atoms. The van der Waals surface area contributed by atoms with Gasteiger partial charge in [0.2, 0.25) is 21.8 Å². The minimum Gasteiger partial charge on any atom is -0.352 e. The number of carbonyl (C=O) groups excluding carboxylic acids is 2. The normalized spacial score (nSPS) is 13.4. The van der Waals surface area contributed by atoms with E-state index in [1.165, 1.54) is 36.2 Å². The highest BCUT2D eigenvalue weighted by atomic mass is 35.5. The summed E-state index contributed by atoms with van der Waals surface area (Å²) in [4.78, 5) is 27.4. The second-order valence-electron chi connectivity index (χ2n) is 7.72. The van der Waals surface area contributed by atoms with Gasteiger partial charge in [0.25, 0.3) is 0 Å². The molecular formula is C23H30ClN3O4S. The summed E-state index contributed by atoms with van der Waals surface area (Å²) >= 11 is 5.85. The van der Waals surface area contributed by atoms with Crippen LogP contribution in [0, 0.1) is 0 Å². The highest BCUT2D eigenvalue weighted by Crippen LogP contribution is 2.18. The summed E-state index contributed by atoms with van der Waals surface area (Å²) in [6.07, 6.45) is 0.757. The van der Waals surface area contributed by atoms with Crippen LogP contribution in [0.15, 0.2) is 59.5 Å². The number of amides is 2. The van der Waals surface area contributed by atoms with E-state index >= 15 is 0 Å². The van der Waals surface area contributed by atoms with Crippen molar-refractivity contribution in [2.75, 3.05) is 13.6 Å². The van der Waals surface area contributed by atoms with Crippen LogP contribution < -0.4 is 5.32 Å². The average Bonchev–Trinajstić information content (AvgIpc) is 2.77. The van der Waals surface area contributed by atoms with Crippen LogP contribution in [0.4, 0.5) is 0 Å². The van der Waals surface area contributed by atoms with E-state index in [-0.39, 0.29) is 23.4 Å². The average molecular weight is 480 g/mol. The number of likely N-dealkylation sites (N-methyl/N-ethyl adjacent to an activating group) is 1. The number of rotatable bonds is 10. The lowest BCUT2D eigenvalue weighted by Gasteiger charge is -2.31. The molecule has 174 valence electrons. The van der Waals surface area contributed by atoms with E-state index in [2.05, 4.69) is 5.32 Å². The smallest absolute Gasteiger partial charge is 0.243 e. The number of nitrogens with zero attached hydrogens (tertiary/aromatic N) is 2. The molecule has 0 aliphatic carbocycles. The van der Waals surface area contributed by atoms with Crippen LogP contribution in [0.25, 0.3) is 0 Å². The predicted molar refractivity (Wildman–Crippen MR) is 126 cm³/mol. The summed E-state index contributed by atoms with van der Waals surface area (Å²) in [6, 6.07) is 14.2. The Morgan fingerprint density at radius 2 is 1.62 bits per heavy atom. The molecule has 2 rings (SSSR count). The van der Waals surface area contributed by atoms with Gasteiger partial charge in [0.05, 0.1) is 11.4 Å². The quantitative estimate of drug-likeness (QED) is 0.566. The van der Waals surface area contributed by atoms with Gasteiger partial charge >= 0.3 is 0 Å². The molecule has 0 aromatic heterocycles. The third-order valence-corrected chi connectivity index (χ3v) is 7.31. The lowest BCUT2D eigenvalue weighted by Crippen LogP contribution is -2.51. The summed E-state index contributed by atoms with van der Waals surface area (Å²) in [5.41, 5.74) is 0.840. The van der Waals surface area contributed by atoms with Gasteiger partial charge in [0.15, 0.2) is 0 Å². The fourth-order valence-corrected chi connectivity index (χ4v) is 4.23. The maximum Gasteiger partial charge on any atom is 0.243 e. The molecule has 1 N–H and O–H groups in total. The predicted octanol–water partition coefficient (Wildman–Crippen LogP) is 3.29. The topological polar surface area (TPSA) is 86.8 Å². The van der Waals surface area contributed by atoms with Crippen molar-refractivity contribution in [1.82, 2.24) is 14.5 Å². The zero-order valence-electron chi connectivity index (χ0n) is 18.8. The molecule has 2 aromatic rings. The number of halogens is 1. The van der Waals surface area contributed by atoms with E-state index in [1.54, 1.807) is 6.92 Å². The van der Waals surface area contributed by atoms with Gasteiger partial charge in [-0.15, -0.1) is 0 Å². The Morgan fingerprint density at radius 1 is 1.03 bits per heavy atom. The van der Waals surface area contributed by atoms with Crippen LogP contribution in [0.3, 0.4) is 0 Å². The summed E-state index contributed by atoms with van der Waals surface area (Å²) < 4.78 is 26.7. The molecule has 0 aliphatic heterocycles. The van der Waals surface area contributed by atoms with E-state index in [0.717, 1.165) is 16.3 Å². The van der Waals surface area contributed by atoms with Gasteiger partial charge in [-0.2, -0.15) is 4.31 Å². The third-order valence-electron chi connectivity index (χ3n) is 5.24. The van der Waals surface area contributed by atoms with Crippen molar-refractivity contribution in [2.24, 2.45) is 0 Å². The summed E-state index contributed by atoms with van der Waals surface area (Å²) in [5, 5.41) is 3.30. The molecule has 0 fully saturated rings. The van der Waals surface area contributed by atoms with Crippen molar-refractivity contribution in [3.8, 4) is 0 Å². The first-order chi connectivity index (χ1) is 15.1. The molecule has 2 amide bonds. The first-order valence-corrected chi connectivity index (χ1v) is 12.2. The van der Waals surface area contributed by atoms with Crippen LogP contribution >= 0.6 is 11.6 Å². The van der Waals surface area contributed by atoms with E-state index in [0.29, 0.717) is 5.02 Å². The third kappa shape index (κ3) is 6.79. The number of sulfonamides is 1. The van der Waals surface area contributed by atoms with Crippen LogP contribution in [0.5, 0.6) is 0 Å². The molecule has 2 aromatic carbocycles. The van der Waals surface area contributed by atoms with Gasteiger partial charge in [-0.1, -0.05) is 48.9 Å². The van der Waals surface area contributed by atoms with Crippen LogP contribution in [-0.4, -0.2) is 55.1 Å². The molecule has 0 heterocycles. The summed E-state index contributed by atoms with van der Waals surface area (Å²) in [7, 11) is -2.56. The lowest BCUT2D eigenvalue weighted by atomic mass is 10.1. The van der Waals surface area contributed by atoms with Gasteiger partial charge in [-0.3, -0.25) is 9.59 Å². The van der Waals surface area contributed by atoms with Crippen molar-refractivity contribution in [3.63, 3.8) is 0 Å². The lowest BCUT2D eigenvalue weighted by molar-refractivity contribution is -0.140. The SMILES string of the molecule is CC[C@@H](C)NC(=O)[C@H](C)N(Cc1ccccc1)C(=O)CN(C)S(=O)(=O)c1ccc(Cl)cc1. The van der Waals surface area contributed by atoms with E-state index < -0.39 is 28.5 Å². The molecule has 0 aliphatic rings. The largest absolute Gasteiger partial charge is 0.352 e. The Kier molecular flexibility index (Phi) is 9.24. The van der Waals surface area contributed by atoms with Crippen molar-refractivity contribution in [1.29, 1.82) is 0 Å². The molecule has 0 radical (unpaired) electrons. The minimum atomic E-state index is -3.90. The van der Waals surface area contributed by atoms with E-state index in [4.69, 9.17) is 11.6 Å². The minimum absolute atomic E-state index is 0.0356.